The molecule has 4 atom stereocenters. The van der Waals surface area contributed by atoms with Crippen molar-refractivity contribution in [3.8, 4) is 0 Å². The van der Waals surface area contributed by atoms with Gasteiger partial charge in [-0.1, -0.05) is 25.0 Å². The highest BCUT2D eigenvalue weighted by atomic mass is 16.3. The fourth-order valence-corrected chi connectivity index (χ4v) is 3.01. The Labute approximate surface area is 111 Å². The summed E-state index contributed by atoms with van der Waals surface area (Å²) in [7, 11) is 0. The Balaban J connectivity index is 0.000000180. The summed E-state index contributed by atoms with van der Waals surface area (Å²) >= 11 is 0. The lowest BCUT2D eigenvalue weighted by Crippen LogP contribution is -2.11. The maximum absolute atomic E-state index is 9.27. The van der Waals surface area contributed by atoms with E-state index in [4.69, 9.17) is 0 Å². The van der Waals surface area contributed by atoms with Gasteiger partial charge in [0.25, 0.3) is 0 Å². The van der Waals surface area contributed by atoms with Crippen molar-refractivity contribution in [2.45, 2.75) is 63.6 Å². The minimum atomic E-state index is -0.0389. The van der Waals surface area contributed by atoms with Crippen LogP contribution in [0.1, 0.15) is 51.4 Å². The maximum atomic E-state index is 9.27. The van der Waals surface area contributed by atoms with Crippen LogP contribution in [-0.4, -0.2) is 22.4 Å². The SMILES string of the molecule is C=CC[C@@H]1CCC[C@H]1O.C=CC[C@H]1CCC[C@@H]1O. The third kappa shape index (κ3) is 4.95. The predicted molar refractivity (Wildman–Crippen MR) is 76.3 cm³/mol. The van der Waals surface area contributed by atoms with E-state index in [2.05, 4.69) is 13.2 Å². The van der Waals surface area contributed by atoms with Crippen LogP contribution < -0.4 is 0 Å². The maximum Gasteiger partial charge on any atom is 0.0571 e. The third-order valence-corrected chi connectivity index (χ3v) is 4.18. The lowest BCUT2D eigenvalue weighted by molar-refractivity contribution is 0.134. The fraction of sp³-hybridized carbons (Fsp3) is 0.750. The van der Waals surface area contributed by atoms with Gasteiger partial charge in [0.2, 0.25) is 0 Å². The van der Waals surface area contributed by atoms with Gasteiger partial charge < -0.3 is 10.2 Å². The average Bonchev–Trinajstić information content (AvgIpc) is 2.92. The second-order valence-electron chi connectivity index (χ2n) is 5.57. The molecule has 2 aliphatic rings. The summed E-state index contributed by atoms with van der Waals surface area (Å²) < 4.78 is 0. The van der Waals surface area contributed by atoms with E-state index in [1.165, 1.54) is 25.7 Å². The molecule has 0 bridgehead atoms. The molecule has 2 N–H and O–H groups in total. The average molecular weight is 252 g/mol. The normalized spacial score (nSPS) is 34.8. The standard InChI is InChI=1S/2C8H14O/c2*1-2-4-7-5-3-6-8(7)9/h2*2,7-9H,1,3-6H2/t2*7-,8-/m10/s1. The van der Waals surface area contributed by atoms with Crippen molar-refractivity contribution in [1.29, 1.82) is 0 Å². The van der Waals surface area contributed by atoms with E-state index < -0.39 is 0 Å². The molecule has 2 saturated carbocycles. The van der Waals surface area contributed by atoms with Gasteiger partial charge in [-0.3, -0.25) is 0 Å². The van der Waals surface area contributed by atoms with Gasteiger partial charge in [-0.15, -0.1) is 13.2 Å². The van der Waals surface area contributed by atoms with Crippen molar-refractivity contribution < 1.29 is 10.2 Å². The molecule has 0 aromatic rings. The monoisotopic (exact) mass is 252 g/mol. The second kappa shape index (κ2) is 8.49. The van der Waals surface area contributed by atoms with Crippen LogP contribution in [0.2, 0.25) is 0 Å². The van der Waals surface area contributed by atoms with Gasteiger partial charge in [0, 0.05) is 0 Å². The minimum Gasteiger partial charge on any atom is -0.393 e. The zero-order valence-electron chi connectivity index (χ0n) is 11.4. The van der Waals surface area contributed by atoms with Gasteiger partial charge in [0.05, 0.1) is 12.2 Å². The van der Waals surface area contributed by atoms with E-state index in [0.29, 0.717) is 11.8 Å². The van der Waals surface area contributed by atoms with E-state index in [0.717, 1.165) is 25.7 Å². The van der Waals surface area contributed by atoms with Crippen LogP contribution in [0, 0.1) is 11.8 Å². The Morgan fingerprint density at radius 2 is 1.17 bits per heavy atom. The largest absolute Gasteiger partial charge is 0.393 e. The molecule has 18 heavy (non-hydrogen) atoms. The Bertz CT molecular complexity index is 223. The molecule has 2 aliphatic carbocycles. The summed E-state index contributed by atoms with van der Waals surface area (Å²) in [4.78, 5) is 0. The molecule has 0 aromatic heterocycles. The van der Waals surface area contributed by atoms with Gasteiger partial charge in [0.15, 0.2) is 0 Å². The first kappa shape index (κ1) is 15.5. The molecule has 0 unspecified atom stereocenters. The topological polar surface area (TPSA) is 40.5 Å². The number of hydrogen-bond acceptors (Lipinski definition) is 2. The van der Waals surface area contributed by atoms with Crippen molar-refractivity contribution in [3.05, 3.63) is 25.3 Å². The van der Waals surface area contributed by atoms with Crippen molar-refractivity contribution in [2.24, 2.45) is 11.8 Å². The van der Waals surface area contributed by atoms with Crippen LogP contribution in [0.3, 0.4) is 0 Å². The van der Waals surface area contributed by atoms with E-state index >= 15 is 0 Å². The second-order valence-corrected chi connectivity index (χ2v) is 5.57. The van der Waals surface area contributed by atoms with Gasteiger partial charge in [-0.05, 0) is 50.4 Å². The van der Waals surface area contributed by atoms with Crippen LogP contribution in [0.25, 0.3) is 0 Å². The molecule has 104 valence electrons. The molecule has 2 fully saturated rings. The van der Waals surface area contributed by atoms with E-state index in [1.54, 1.807) is 0 Å². The highest BCUT2D eigenvalue weighted by Gasteiger charge is 2.23. The Hall–Kier alpha value is -0.600. The van der Waals surface area contributed by atoms with Crippen LogP contribution in [0.15, 0.2) is 25.3 Å². The number of aliphatic hydroxyl groups is 2. The smallest absolute Gasteiger partial charge is 0.0571 e. The fourth-order valence-electron chi connectivity index (χ4n) is 3.01. The minimum absolute atomic E-state index is 0.0389. The third-order valence-electron chi connectivity index (χ3n) is 4.18. The van der Waals surface area contributed by atoms with Gasteiger partial charge in [0.1, 0.15) is 0 Å². The molecular formula is C16H28O2. The summed E-state index contributed by atoms with van der Waals surface area (Å²) in [6.07, 6.45) is 12.5. The van der Waals surface area contributed by atoms with Gasteiger partial charge in [-0.25, -0.2) is 0 Å². The van der Waals surface area contributed by atoms with Gasteiger partial charge >= 0.3 is 0 Å². The van der Waals surface area contributed by atoms with E-state index in [-0.39, 0.29) is 12.2 Å². The molecular weight excluding hydrogens is 224 g/mol. The Morgan fingerprint density at radius 1 is 0.778 bits per heavy atom. The zero-order chi connectivity index (χ0) is 13.4. The number of rotatable bonds is 4. The van der Waals surface area contributed by atoms with Crippen molar-refractivity contribution in [2.75, 3.05) is 0 Å². The highest BCUT2D eigenvalue weighted by Crippen LogP contribution is 2.28. The molecule has 0 radical (unpaired) electrons. The van der Waals surface area contributed by atoms with Crippen LogP contribution in [0.5, 0.6) is 0 Å². The zero-order valence-corrected chi connectivity index (χ0v) is 11.4. The first-order valence-electron chi connectivity index (χ1n) is 7.27. The highest BCUT2D eigenvalue weighted by molar-refractivity contribution is 4.83. The van der Waals surface area contributed by atoms with Gasteiger partial charge in [-0.2, -0.15) is 0 Å². The molecule has 0 aliphatic heterocycles. The summed E-state index contributed by atoms with van der Waals surface area (Å²) in [6, 6.07) is 0. The molecule has 0 saturated heterocycles. The van der Waals surface area contributed by atoms with E-state index in [9.17, 15) is 10.2 Å². The van der Waals surface area contributed by atoms with E-state index in [1.807, 2.05) is 12.2 Å². The Kier molecular flexibility index (Phi) is 7.29. The first-order valence-corrected chi connectivity index (χ1v) is 7.27. The quantitative estimate of drug-likeness (QED) is 0.752. The van der Waals surface area contributed by atoms with Crippen LogP contribution in [-0.2, 0) is 0 Å². The molecule has 2 heteroatoms. The molecule has 2 nitrogen and oxygen atoms in total. The summed E-state index contributed by atoms with van der Waals surface area (Å²) in [5.41, 5.74) is 0. The van der Waals surface area contributed by atoms with Crippen molar-refractivity contribution in [3.63, 3.8) is 0 Å². The molecule has 0 spiro atoms. The molecule has 0 aromatic carbocycles. The molecule has 0 heterocycles. The first-order chi connectivity index (χ1) is 8.69. The van der Waals surface area contributed by atoms with Crippen molar-refractivity contribution >= 4 is 0 Å². The van der Waals surface area contributed by atoms with Crippen LogP contribution in [0.4, 0.5) is 0 Å². The Morgan fingerprint density at radius 3 is 1.39 bits per heavy atom. The molecule has 2 rings (SSSR count). The number of aliphatic hydroxyl groups excluding tert-OH is 2. The number of hydrogen-bond donors (Lipinski definition) is 2. The molecule has 0 amide bonds. The van der Waals surface area contributed by atoms with Crippen LogP contribution >= 0.6 is 0 Å². The lowest BCUT2D eigenvalue weighted by atomic mass is 10.0. The van der Waals surface area contributed by atoms with Crippen molar-refractivity contribution in [1.82, 2.24) is 0 Å². The number of allylic oxidation sites excluding steroid dienone is 2. The lowest BCUT2D eigenvalue weighted by Gasteiger charge is -2.09. The summed E-state index contributed by atoms with van der Waals surface area (Å²) in [5.74, 6) is 1.03. The predicted octanol–water partition coefficient (Wildman–Crippen LogP) is 3.45. The summed E-state index contributed by atoms with van der Waals surface area (Å²) in [6.45, 7) is 7.30. The summed E-state index contributed by atoms with van der Waals surface area (Å²) in [5, 5.41) is 18.5.